The number of rotatable bonds is 6. The lowest BCUT2D eigenvalue weighted by Gasteiger charge is -2.29. The van der Waals surface area contributed by atoms with Gasteiger partial charge in [-0.25, -0.2) is 4.79 Å². The first-order chi connectivity index (χ1) is 11.1. The molecule has 6 heteroatoms. The number of ether oxygens (including phenoxy) is 2. The van der Waals surface area contributed by atoms with Gasteiger partial charge in [0.25, 0.3) is 5.91 Å². The first-order valence-corrected chi connectivity index (χ1v) is 7.88. The third-order valence-electron chi connectivity index (χ3n) is 4.17. The minimum Gasteiger partial charge on any atom is -0.493 e. The summed E-state index contributed by atoms with van der Waals surface area (Å²) >= 11 is 0. The molecule has 0 saturated heterocycles. The molecule has 2 rings (SSSR count). The average Bonchev–Trinajstić information content (AvgIpc) is 2.79. The van der Waals surface area contributed by atoms with E-state index in [1.165, 1.54) is 7.11 Å². The molecule has 1 amide bonds. The topological polar surface area (TPSA) is 84.9 Å². The average molecular weight is 321 g/mol. The van der Waals surface area contributed by atoms with Crippen molar-refractivity contribution in [2.24, 2.45) is 0 Å². The lowest BCUT2D eigenvalue weighted by molar-refractivity contribution is -0.148. The van der Waals surface area contributed by atoms with Gasteiger partial charge in [-0.1, -0.05) is 37.8 Å². The van der Waals surface area contributed by atoms with Crippen LogP contribution in [0.5, 0.6) is 11.5 Å². The van der Waals surface area contributed by atoms with Gasteiger partial charge in [-0.15, -0.1) is 0 Å². The molecule has 1 saturated carbocycles. The van der Waals surface area contributed by atoms with Gasteiger partial charge in [-0.2, -0.15) is 0 Å². The molecule has 1 fully saturated rings. The van der Waals surface area contributed by atoms with Crippen molar-refractivity contribution < 1.29 is 24.2 Å². The largest absolute Gasteiger partial charge is 0.493 e. The molecule has 0 heterocycles. The second-order valence-corrected chi connectivity index (χ2v) is 5.79. The molecule has 1 aromatic rings. The summed E-state index contributed by atoms with van der Waals surface area (Å²) in [5, 5.41) is 12.2. The van der Waals surface area contributed by atoms with E-state index in [-0.39, 0.29) is 6.61 Å². The summed E-state index contributed by atoms with van der Waals surface area (Å²) in [6.07, 6.45) is 4.54. The Morgan fingerprint density at radius 3 is 2.30 bits per heavy atom. The Morgan fingerprint density at radius 2 is 1.74 bits per heavy atom. The van der Waals surface area contributed by atoms with Crippen molar-refractivity contribution in [3.05, 3.63) is 24.3 Å². The molecule has 0 bridgehead atoms. The normalized spacial score (nSPS) is 16.9. The summed E-state index contributed by atoms with van der Waals surface area (Å²) in [6, 6.07) is 7.01. The fourth-order valence-electron chi connectivity index (χ4n) is 2.91. The predicted octanol–water partition coefficient (Wildman–Crippen LogP) is 2.37. The molecule has 0 atom stereocenters. The molecule has 2 N–H and O–H groups in total. The van der Waals surface area contributed by atoms with E-state index in [0.29, 0.717) is 24.3 Å². The van der Waals surface area contributed by atoms with E-state index in [9.17, 15) is 14.7 Å². The van der Waals surface area contributed by atoms with Crippen LogP contribution in [0.2, 0.25) is 0 Å². The van der Waals surface area contributed by atoms with Gasteiger partial charge in [0.05, 0.1) is 7.11 Å². The van der Waals surface area contributed by atoms with E-state index >= 15 is 0 Å². The van der Waals surface area contributed by atoms with Crippen molar-refractivity contribution in [3.63, 3.8) is 0 Å². The van der Waals surface area contributed by atoms with Crippen LogP contribution in [-0.2, 0) is 9.59 Å². The molecule has 23 heavy (non-hydrogen) atoms. The van der Waals surface area contributed by atoms with Crippen LogP contribution in [0, 0.1) is 0 Å². The van der Waals surface area contributed by atoms with Crippen molar-refractivity contribution in [2.75, 3.05) is 13.7 Å². The zero-order valence-electron chi connectivity index (χ0n) is 13.3. The zero-order chi connectivity index (χ0) is 16.7. The molecule has 0 unspecified atom stereocenters. The zero-order valence-corrected chi connectivity index (χ0v) is 13.3. The predicted molar refractivity (Wildman–Crippen MR) is 84.7 cm³/mol. The van der Waals surface area contributed by atoms with Crippen LogP contribution in [0.4, 0.5) is 0 Å². The van der Waals surface area contributed by atoms with E-state index < -0.39 is 17.4 Å². The Morgan fingerprint density at radius 1 is 1.13 bits per heavy atom. The van der Waals surface area contributed by atoms with E-state index in [2.05, 4.69) is 5.32 Å². The minimum absolute atomic E-state index is 0.241. The van der Waals surface area contributed by atoms with E-state index in [1.54, 1.807) is 24.3 Å². The standard InChI is InChI=1S/C17H23NO5/c1-22-13-8-4-5-9-14(13)23-12-15(19)18-17(16(20)21)10-6-2-3-7-11-17/h4-5,8-9H,2-3,6-7,10-12H2,1H3,(H,18,19)(H,20,21). The SMILES string of the molecule is COc1ccccc1OCC(=O)NC1(C(=O)O)CCCCCC1. The lowest BCUT2D eigenvalue weighted by Crippen LogP contribution is -2.55. The van der Waals surface area contributed by atoms with Gasteiger partial charge in [0.1, 0.15) is 5.54 Å². The molecule has 1 aliphatic rings. The van der Waals surface area contributed by atoms with Gasteiger partial charge in [0.15, 0.2) is 18.1 Å². The summed E-state index contributed by atoms with van der Waals surface area (Å²) in [4.78, 5) is 23.8. The maximum Gasteiger partial charge on any atom is 0.329 e. The monoisotopic (exact) mass is 321 g/mol. The van der Waals surface area contributed by atoms with Gasteiger partial charge in [0.2, 0.25) is 0 Å². The number of aliphatic carboxylic acids is 1. The summed E-state index contributed by atoms with van der Waals surface area (Å²) in [7, 11) is 1.52. The summed E-state index contributed by atoms with van der Waals surface area (Å²) < 4.78 is 10.6. The smallest absolute Gasteiger partial charge is 0.329 e. The Balaban J connectivity index is 1.98. The quantitative estimate of drug-likeness (QED) is 0.786. The van der Waals surface area contributed by atoms with Crippen LogP contribution in [-0.4, -0.2) is 36.2 Å². The number of benzene rings is 1. The van der Waals surface area contributed by atoms with Crippen LogP contribution in [0.1, 0.15) is 38.5 Å². The molecule has 0 spiro atoms. The highest BCUT2D eigenvalue weighted by Gasteiger charge is 2.40. The number of para-hydroxylation sites is 2. The highest BCUT2D eigenvalue weighted by atomic mass is 16.5. The maximum absolute atomic E-state index is 12.2. The fourth-order valence-corrected chi connectivity index (χ4v) is 2.91. The summed E-state index contributed by atoms with van der Waals surface area (Å²) in [5.41, 5.74) is -1.17. The maximum atomic E-state index is 12.2. The van der Waals surface area contributed by atoms with Crippen LogP contribution in [0.3, 0.4) is 0 Å². The first-order valence-electron chi connectivity index (χ1n) is 7.88. The number of carboxylic acids is 1. The number of carboxylic acid groups (broad SMARTS) is 1. The molecule has 1 aromatic carbocycles. The second-order valence-electron chi connectivity index (χ2n) is 5.79. The van der Waals surface area contributed by atoms with E-state index in [0.717, 1.165) is 25.7 Å². The number of nitrogens with one attached hydrogen (secondary N) is 1. The third-order valence-corrected chi connectivity index (χ3v) is 4.17. The number of amides is 1. The highest BCUT2D eigenvalue weighted by Crippen LogP contribution is 2.28. The van der Waals surface area contributed by atoms with Crippen molar-refractivity contribution in [2.45, 2.75) is 44.1 Å². The van der Waals surface area contributed by atoms with Crippen molar-refractivity contribution in [1.82, 2.24) is 5.32 Å². The number of hydrogen-bond acceptors (Lipinski definition) is 4. The minimum atomic E-state index is -1.17. The van der Waals surface area contributed by atoms with Gasteiger partial charge >= 0.3 is 5.97 Å². The van der Waals surface area contributed by atoms with Crippen LogP contribution in [0.15, 0.2) is 24.3 Å². The van der Waals surface area contributed by atoms with Gasteiger partial charge in [-0.05, 0) is 25.0 Å². The van der Waals surface area contributed by atoms with E-state index in [4.69, 9.17) is 9.47 Å². The Bertz CT molecular complexity index is 550. The first kappa shape index (κ1) is 17.1. The third kappa shape index (κ3) is 4.37. The Hall–Kier alpha value is -2.24. The number of carbonyl (C=O) groups excluding carboxylic acids is 1. The number of carbonyl (C=O) groups is 2. The second kappa shape index (κ2) is 7.85. The van der Waals surface area contributed by atoms with Gasteiger partial charge in [0, 0.05) is 0 Å². The Kier molecular flexibility index (Phi) is 5.84. The van der Waals surface area contributed by atoms with Gasteiger partial charge < -0.3 is 19.9 Å². The molecule has 6 nitrogen and oxygen atoms in total. The van der Waals surface area contributed by atoms with Crippen molar-refractivity contribution in [1.29, 1.82) is 0 Å². The van der Waals surface area contributed by atoms with Gasteiger partial charge in [-0.3, -0.25) is 4.79 Å². The number of methoxy groups -OCH3 is 1. The highest BCUT2D eigenvalue weighted by molar-refractivity contribution is 5.87. The van der Waals surface area contributed by atoms with Crippen molar-refractivity contribution >= 4 is 11.9 Å². The molecule has 0 aliphatic heterocycles. The molecular formula is C17H23NO5. The van der Waals surface area contributed by atoms with Crippen LogP contribution >= 0.6 is 0 Å². The molecule has 0 aromatic heterocycles. The number of hydrogen-bond donors (Lipinski definition) is 2. The lowest BCUT2D eigenvalue weighted by atomic mass is 9.90. The molecule has 126 valence electrons. The fraction of sp³-hybridized carbons (Fsp3) is 0.529. The molecule has 1 aliphatic carbocycles. The van der Waals surface area contributed by atoms with E-state index in [1.807, 2.05) is 0 Å². The van der Waals surface area contributed by atoms with Crippen molar-refractivity contribution in [3.8, 4) is 11.5 Å². The molecular weight excluding hydrogens is 298 g/mol. The van der Waals surface area contributed by atoms with Crippen LogP contribution in [0.25, 0.3) is 0 Å². The summed E-state index contributed by atoms with van der Waals surface area (Å²) in [5.74, 6) is -0.414. The summed E-state index contributed by atoms with van der Waals surface area (Å²) in [6.45, 7) is -0.241. The van der Waals surface area contributed by atoms with Crippen LogP contribution < -0.4 is 14.8 Å². The molecule has 0 radical (unpaired) electrons. The Labute approximate surface area is 135 Å².